The molecule has 2 N–H and O–H groups in total. The predicted octanol–water partition coefficient (Wildman–Crippen LogP) is 3.15. The molecule has 0 saturated carbocycles. The van der Waals surface area contributed by atoms with Crippen molar-refractivity contribution in [3.8, 4) is 0 Å². The predicted molar refractivity (Wildman–Crippen MR) is 83.4 cm³/mol. The van der Waals surface area contributed by atoms with E-state index in [4.69, 9.17) is 19.4 Å². The van der Waals surface area contributed by atoms with Crippen molar-refractivity contribution < 1.29 is 14.6 Å². The van der Waals surface area contributed by atoms with Gasteiger partial charge in [0.1, 0.15) is 13.7 Å². The van der Waals surface area contributed by atoms with Crippen molar-refractivity contribution in [2.75, 3.05) is 0 Å². The fourth-order valence-corrected chi connectivity index (χ4v) is 3.15. The molecule has 108 valence electrons. The van der Waals surface area contributed by atoms with Crippen LogP contribution in [0.5, 0.6) is 0 Å². The third-order valence-corrected chi connectivity index (χ3v) is 4.34. The molecule has 0 aliphatic carbocycles. The van der Waals surface area contributed by atoms with Gasteiger partial charge in [-0.05, 0) is 53.9 Å². The van der Waals surface area contributed by atoms with Crippen LogP contribution in [0, 0.1) is 5.82 Å². The first-order valence-corrected chi connectivity index (χ1v) is 7.48. The second-order valence-corrected chi connectivity index (χ2v) is 6.06. The molecule has 2 nitrogen and oxygen atoms in total. The summed E-state index contributed by atoms with van der Waals surface area (Å²) in [5.74, 6) is -0.392. The Morgan fingerprint density at radius 3 is 2.48 bits per heavy atom. The van der Waals surface area contributed by atoms with Crippen LogP contribution in [0.3, 0.4) is 0 Å². The Bertz CT molecular complexity index is 637. The van der Waals surface area contributed by atoms with Crippen molar-refractivity contribution in [2.24, 2.45) is 0 Å². The van der Waals surface area contributed by atoms with Gasteiger partial charge in [-0.1, -0.05) is 23.4 Å². The van der Waals surface area contributed by atoms with E-state index < -0.39 is 11.8 Å². The molecule has 2 rings (SSSR count). The molecule has 2 aromatic rings. The minimum atomic E-state index is -0.978. The van der Waals surface area contributed by atoms with E-state index in [0.717, 1.165) is 15.4 Å². The van der Waals surface area contributed by atoms with E-state index in [1.165, 1.54) is 23.9 Å². The van der Waals surface area contributed by atoms with Gasteiger partial charge < -0.3 is 10.2 Å². The third kappa shape index (κ3) is 4.48. The first kappa shape index (κ1) is 16.4. The fraction of sp³-hybridized carbons (Fsp3) is 0.200. The van der Waals surface area contributed by atoms with E-state index >= 15 is 0 Å². The minimum absolute atomic E-state index is 0.247. The molecule has 2 radical (unpaired) electrons. The summed E-state index contributed by atoms with van der Waals surface area (Å²) in [7, 11) is 5.43. The van der Waals surface area contributed by atoms with Crippen LogP contribution in [0.25, 0.3) is 0 Å². The lowest BCUT2D eigenvalue weighted by atomic mass is 9.93. The summed E-state index contributed by atoms with van der Waals surface area (Å²) >= 11 is 7.33. The lowest BCUT2D eigenvalue weighted by molar-refractivity contribution is 0.255. The van der Waals surface area contributed by atoms with E-state index in [-0.39, 0.29) is 13.0 Å². The molecule has 0 aliphatic heterocycles. The van der Waals surface area contributed by atoms with Gasteiger partial charge in [-0.3, -0.25) is 0 Å². The van der Waals surface area contributed by atoms with Gasteiger partial charge in [0.2, 0.25) is 0 Å². The molecule has 21 heavy (non-hydrogen) atoms. The SMILES string of the molecule is [B]C(O)Cc1cc(Cl)ccc1Sc1ccc(F)cc1CO. The number of halogens is 2. The van der Waals surface area contributed by atoms with Crippen molar-refractivity contribution in [3.05, 3.63) is 58.4 Å². The maximum absolute atomic E-state index is 13.2. The van der Waals surface area contributed by atoms with Crippen molar-refractivity contribution in [3.63, 3.8) is 0 Å². The smallest absolute Gasteiger partial charge is 0.123 e. The molecule has 0 amide bonds. The minimum Gasteiger partial charge on any atom is -0.403 e. The van der Waals surface area contributed by atoms with E-state index in [1.807, 2.05) is 6.07 Å². The Kier molecular flexibility index (Phi) is 5.70. The second-order valence-electron chi connectivity index (χ2n) is 4.54. The summed E-state index contributed by atoms with van der Waals surface area (Å²) in [4.78, 5) is 1.60. The Morgan fingerprint density at radius 2 is 1.81 bits per heavy atom. The fourth-order valence-electron chi connectivity index (χ4n) is 1.92. The van der Waals surface area contributed by atoms with Crippen LogP contribution in [-0.2, 0) is 13.0 Å². The molecule has 0 aromatic heterocycles. The van der Waals surface area contributed by atoms with Crippen molar-refractivity contribution in [2.45, 2.75) is 28.8 Å². The van der Waals surface area contributed by atoms with Crippen LogP contribution in [0.4, 0.5) is 4.39 Å². The maximum Gasteiger partial charge on any atom is 0.123 e. The standard InChI is InChI=1S/C15H13BClFO2S/c16-15(20)7-9-5-11(17)1-3-13(9)21-14-4-2-12(18)6-10(14)8-19/h1-6,15,19-20H,7-8H2. The molecule has 0 fully saturated rings. The number of rotatable bonds is 5. The highest BCUT2D eigenvalue weighted by Gasteiger charge is 2.11. The van der Waals surface area contributed by atoms with Gasteiger partial charge in [-0.25, -0.2) is 4.39 Å². The van der Waals surface area contributed by atoms with E-state index in [9.17, 15) is 14.6 Å². The Morgan fingerprint density at radius 1 is 1.14 bits per heavy atom. The molecular formula is C15H13BClFO2S. The molecular weight excluding hydrogens is 309 g/mol. The molecule has 0 aliphatic rings. The Balaban J connectivity index is 2.35. The van der Waals surface area contributed by atoms with Gasteiger partial charge in [-0.2, -0.15) is 0 Å². The highest BCUT2D eigenvalue weighted by atomic mass is 35.5. The average Bonchev–Trinajstić information content (AvgIpc) is 2.42. The number of aliphatic hydroxyl groups excluding tert-OH is 2. The van der Waals surface area contributed by atoms with Crippen LogP contribution >= 0.6 is 23.4 Å². The summed E-state index contributed by atoms with van der Waals surface area (Å²) < 4.78 is 13.2. The van der Waals surface area contributed by atoms with Crippen LogP contribution in [-0.4, -0.2) is 24.1 Å². The highest BCUT2D eigenvalue weighted by Crippen LogP contribution is 2.35. The molecule has 6 heteroatoms. The molecule has 0 saturated heterocycles. The zero-order valence-electron chi connectivity index (χ0n) is 11.1. The van der Waals surface area contributed by atoms with Crippen molar-refractivity contribution in [1.29, 1.82) is 0 Å². The van der Waals surface area contributed by atoms with Gasteiger partial charge in [-0.15, -0.1) is 0 Å². The number of hydrogen-bond acceptors (Lipinski definition) is 3. The molecule has 1 atom stereocenters. The van der Waals surface area contributed by atoms with Crippen LogP contribution in [0.15, 0.2) is 46.2 Å². The van der Waals surface area contributed by atoms with Gasteiger partial charge in [0.05, 0.1) is 6.61 Å². The van der Waals surface area contributed by atoms with E-state index in [2.05, 4.69) is 0 Å². The summed E-state index contributed by atoms with van der Waals surface area (Å²) in [6, 6.07) is 8.57. The van der Waals surface area contributed by atoms with Gasteiger partial charge in [0.15, 0.2) is 0 Å². The summed E-state index contributed by atoms with van der Waals surface area (Å²) in [6.07, 6.45) is 0.262. The lowest BCUT2D eigenvalue weighted by Gasteiger charge is -2.13. The first-order chi connectivity index (χ1) is 9.99. The van der Waals surface area contributed by atoms with Gasteiger partial charge >= 0.3 is 0 Å². The summed E-state index contributed by atoms with van der Waals surface area (Å²) in [6.45, 7) is -0.247. The first-order valence-electron chi connectivity index (χ1n) is 6.29. The van der Waals surface area contributed by atoms with E-state index in [0.29, 0.717) is 10.6 Å². The summed E-state index contributed by atoms with van der Waals surface area (Å²) in [5.41, 5.74) is 1.31. The normalized spacial score (nSPS) is 12.4. The molecule has 2 aromatic carbocycles. The third-order valence-electron chi connectivity index (χ3n) is 2.86. The number of hydrogen-bond donors (Lipinski definition) is 2. The molecule has 0 heterocycles. The molecule has 0 spiro atoms. The number of aliphatic hydroxyl groups is 2. The zero-order chi connectivity index (χ0) is 15.4. The van der Waals surface area contributed by atoms with Gasteiger partial charge in [0, 0.05) is 20.8 Å². The average molecular weight is 323 g/mol. The Hall–Kier alpha value is -1.01. The summed E-state index contributed by atoms with van der Waals surface area (Å²) in [5, 5.41) is 19.2. The van der Waals surface area contributed by atoms with Gasteiger partial charge in [0.25, 0.3) is 0 Å². The van der Waals surface area contributed by atoms with Crippen LogP contribution in [0.1, 0.15) is 11.1 Å². The maximum atomic E-state index is 13.2. The van der Waals surface area contributed by atoms with Crippen molar-refractivity contribution in [1.82, 2.24) is 0 Å². The van der Waals surface area contributed by atoms with E-state index in [1.54, 1.807) is 18.2 Å². The highest BCUT2D eigenvalue weighted by molar-refractivity contribution is 7.99. The second kappa shape index (κ2) is 7.32. The quantitative estimate of drug-likeness (QED) is 0.831. The Labute approximate surface area is 133 Å². The largest absolute Gasteiger partial charge is 0.403 e. The zero-order valence-corrected chi connectivity index (χ0v) is 12.7. The number of benzene rings is 2. The molecule has 0 bridgehead atoms. The van der Waals surface area contributed by atoms with Crippen LogP contribution < -0.4 is 0 Å². The van der Waals surface area contributed by atoms with Crippen molar-refractivity contribution >= 4 is 31.2 Å². The monoisotopic (exact) mass is 322 g/mol. The topological polar surface area (TPSA) is 40.5 Å². The lowest BCUT2D eigenvalue weighted by Crippen LogP contribution is -2.10. The molecule has 1 unspecified atom stereocenters. The van der Waals surface area contributed by atoms with Crippen LogP contribution in [0.2, 0.25) is 5.02 Å².